The molecule has 0 unspecified atom stereocenters. The zero-order chi connectivity index (χ0) is 16.0. The minimum absolute atomic E-state index is 0. The monoisotopic (exact) mass is 448 g/mol. The predicted molar refractivity (Wildman–Crippen MR) is 91.9 cm³/mol. The number of halogens is 2. The zero-order valence-electron chi connectivity index (χ0n) is 14.6. The molecule has 0 spiro atoms. The van der Waals surface area contributed by atoms with Gasteiger partial charge in [-0.2, -0.15) is 0 Å². The molecule has 2 aromatic rings. The summed E-state index contributed by atoms with van der Waals surface area (Å²) in [7, 11) is 1.78. The number of ether oxygens (including phenoxy) is 1. The van der Waals surface area contributed by atoms with Crippen LogP contribution in [0.25, 0.3) is 11.1 Å². The summed E-state index contributed by atoms with van der Waals surface area (Å²) in [5.74, 6) is 1.03. The Morgan fingerprint density at radius 3 is 2.44 bits per heavy atom. The Labute approximate surface area is 173 Å². The van der Waals surface area contributed by atoms with Crippen LogP contribution in [0, 0.1) is 0 Å². The van der Waals surface area contributed by atoms with E-state index < -0.39 is 23.2 Å². The van der Waals surface area contributed by atoms with Crippen LogP contribution in [-0.4, -0.2) is 7.11 Å². The SMILES string of the molecule is COc1cc[c]([Zr+2][C]2=C(C)C(C)=CC2)c2c1-c1ccccc1C2.[Cl-].[Cl-]. The maximum Gasteiger partial charge on any atom is -1.00 e. The molecule has 2 aliphatic carbocycles. The zero-order valence-corrected chi connectivity index (χ0v) is 18.6. The summed E-state index contributed by atoms with van der Waals surface area (Å²) < 4.78 is 9.03. The summed E-state index contributed by atoms with van der Waals surface area (Å²) in [4.78, 5) is 0. The van der Waals surface area contributed by atoms with Gasteiger partial charge in [0.05, 0.1) is 0 Å². The van der Waals surface area contributed by atoms with Gasteiger partial charge in [0.25, 0.3) is 0 Å². The summed E-state index contributed by atoms with van der Waals surface area (Å²) in [5.41, 5.74) is 8.72. The molecule has 0 radical (unpaired) electrons. The quantitative estimate of drug-likeness (QED) is 0.478. The Morgan fingerprint density at radius 2 is 1.76 bits per heavy atom. The molecule has 25 heavy (non-hydrogen) atoms. The van der Waals surface area contributed by atoms with Gasteiger partial charge in [-0.05, 0) is 0 Å². The van der Waals surface area contributed by atoms with E-state index in [0.29, 0.717) is 0 Å². The van der Waals surface area contributed by atoms with Crippen molar-refractivity contribution >= 4 is 3.27 Å². The molecule has 0 N–H and O–H groups in total. The Morgan fingerprint density at radius 1 is 1.00 bits per heavy atom. The topological polar surface area (TPSA) is 9.23 Å². The third kappa shape index (κ3) is 3.54. The Bertz CT molecular complexity index is 868. The fourth-order valence-corrected chi connectivity index (χ4v) is 7.16. The molecule has 4 heteroatoms. The van der Waals surface area contributed by atoms with Crippen LogP contribution in [0.15, 0.2) is 56.9 Å². The average molecular weight is 451 g/mol. The van der Waals surface area contributed by atoms with Crippen molar-refractivity contribution in [1.29, 1.82) is 0 Å². The Balaban J connectivity index is 0.00000113. The van der Waals surface area contributed by atoms with Crippen LogP contribution < -0.4 is 32.8 Å². The molecule has 0 atom stereocenters. The van der Waals surface area contributed by atoms with Crippen molar-refractivity contribution in [2.24, 2.45) is 0 Å². The molecule has 0 saturated heterocycles. The Kier molecular flexibility index (Phi) is 6.76. The van der Waals surface area contributed by atoms with Gasteiger partial charge >= 0.3 is 150 Å². The molecular weight excluding hydrogens is 430 g/mol. The van der Waals surface area contributed by atoms with Gasteiger partial charge in [0.2, 0.25) is 0 Å². The predicted octanol–water partition coefficient (Wildman–Crippen LogP) is -1.39. The van der Waals surface area contributed by atoms with Crippen molar-refractivity contribution in [1.82, 2.24) is 0 Å². The van der Waals surface area contributed by atoms with E-state index in [1.165, 1.54) is 34.2 Å². The average Bonchev–Trinajstić information content (AvgIpc) is 3.11. The number of rotatable bonds is 3. The van der Waals surface area contributed by atoms with Crippen LogP contribution >= 0.6 is 0 Å². The first-order valence-electron chi connectivity index (χ1n) is 8.11. The fourth-order valence-electron chi connectivity index (χ4n) is 3.61. The molecule has 0 amide bonds. The van der Waals surface area contributed by atoms with Crippen molar-refractivity contribution in [2.45, 2.75) is 26.7 Å². The van der Waals surface area contributed by atoms with E-state index in [1.807, 2.05) is 0 Å². The third-order valence-electron chi connectivity index (χ3n) is 5.09. The summed E-state index contributed by atoms with van der Waals surface area (Å²) in [6.07, 6.45) is 4.64. The summed E-state index contributed by atoms with van der Waals surface area (Å²) >= 11 is -0.729. The largest absolute Gasteiger partial charge is 1.00 e. The van der Waals surface area contributed by atoms with E-state index in [4.69, 9.17) is 4.74 Å². The van der Waals surface area contributed by atoms with Crippen LogP contribution in [0.5, 0.6) is 5.75 Å². The number of fused-ring (bicyclic) bond motifs is 3. The van der Waals surface area contributed by atoms with Gasteiger partial charge in [-0.25, -0.2) is 0 Å². The second-order valence-corrected chi connectivity index (χ2v) is 9.74. The van der Waals surface area contributed by atoms with Gasteiger partial charge in [0.15, 0.2) is 0 Å². The van der Waals surface area contributed by atoms with Crippen LogP contribution in [0.2, 0.25) is 0 Å². The summed E-state index contributed by atoms with van der Waals surface area (Å²) in [6, 6.07) is 13.3. The van der Waals surface area contributed by atoms with E-state index in [0.717, 1.165) is 12.2 Å². The fraction of sp³-hybridized carbons (Fsp3) is 0.238. The molecule has 0 heterocycles. The summed E-state index contributed by atoms with van der Waals surface area (Å²) in [5, 5.41) is 0. The molecular formula is C21H20Cl2OZr. The van der Waals surface area contributed by atoms with Crippen LogP contribution in [0.4, 0.5) is 0 Å². The van der Waals surface area contributed by atoms with Gasteiger partial charge in [-0.3, -0.25) is 0 Å². The second-order valence-electron chi connectivity index (χ2n) is 6.32. The first-order chi connectivity index (χ1) is 11.2. The maximum atomic E-state index is 5.67. The molecule has 128 valence electrons. The van der Waals surface area contributed by atoms with E-state index in [9.17, 15) is 0 Å². The smallest absolute Gasteiger partial charge is 1.00 e. The molecule has 0 bridgehead atoms. The van der Waals surface area contributed by atoms with Crippen molar-refractivity contribution in [3.05, 3.63) is 68.0 Å². The third-order valence-corrected chi connectivity index (χ3v) is 9.07. The van der Waals surface area contributed by atoms with Gasteiger partial charge in [-0.1, -0.05) is 0 Å². The number of hydrogen-bond donors (Lipinski definition) is 0. The first kappa shape index (κ1) is 20.5. The van der Waals surface area contributed by atoms with Crippen molar-refractivity contribution in [3.8, 4) is 16.9 Å². The standard InChI is InChI=1S/C14H11O.C7H9.2ClH.Zr/c1-15-13-8-4-6-11-9-10-5-2-3-7-12(10)14(11)13;1-6-4-3-5-7(6)2;;;/h2-5,7-8H,9H2,1H3;4H,3H2,1-2H3;2*1H;/q;;;;+2/p-2. The number of methoxy groups -OCH3 is 1. The van der Waals surface area contributed by atoms with Crippen molar-refractivity contribution in [2.75, 3.05) is 7.11 Å². The molecule has 2 aliphatic rings. The molecule has 0 fully saturated rings. The minimum Gasteiger partial charge on any atom is -1.00 e. The van der Waals surface area contributed by atoms with Crippen molar-refractivity contribution in [3.63, 3.8) is 0 Å². The van der Waals surface area contributed by atoms with E-state index in [2.05, 4.69) is 56.3 Å². The number of benzene rings is 2. The minimum atomic E-state index is -0.729. The van der Waals surface area contributed by atoms with Crippen LogP contribution in [0.1, 0.15) is 31.4 Å². The maximum absolute atomic E-state index is 5.67. The Hall–Kier alpha value is -0.817. The van der Waals surface area contributed by atoms with Crippen LogP contribution in [-0.2, 0) is 29.7 Å². The number of allylic oxidation sites excluding steroid dienone is 4. The van der Waals surface area contributed by atoms with Crippen molar-refractivity contribution < 1.29 is 52.8 Å². The van der Waals surface area contributed by atoms with E-state index in [-0.39, 0.29) is 24.8 Å². The normalized spacial score (nSPS) is 14.0. The second kappa shape index (κ2) is 8.25. The van der Waals surface area contributed by atoms with Gasteiger partial charge in [0.1, 0.15) is 0 Å². The molecule has 0 aromatic heterocycles. The molecule has 0 saturated carbocycles. The van der Waals surface area contributed by atoms with E-state index >= 15 is 0 Å². The van der Waals surface area contributed by atoms with E-state index in [1.54, 1.807) is 19.2 Å². The van der Waals surface area contributed by atoms with Crippen LogP contribution in [0.3, 0.4) is 0 Å². The summed E-state index contributed by atoms with van der Waals surface area (Å²) in [6.45, 7) is 4.55. The van der Waals surface area contributed by atoms with Gasteiger partial charge in [0, 0.05) is 0 Å². The van der Waals surface area contributed by atoms with Gasteiger partial charge in [-0.15, -0.1) is 0 Å². The molecule has 2 aromatic carbocycles. The molecule has 0 aliphatic heterocycles. The molecule has 4 rings (SSSR count). The molecule has 1 nitrogen and oxygen atoms in total. The first-order valence-corrected chi connectivity index (χ1v) is 10.6. The number of hydrogen-bond acceptors (Lipinski definition) is 1. The van der Waals surface area contributed by atoms with Gasteiger partial charge < -0.3 is 24.8 Å².